The minimum atomic E-state index is -0.219. The van der Waals surface area contributed by atoms with Crippen molar-refractivity contribution in [3.63, 3.8) is 0 Å². The van der Waals surface area contributed by atoms with Crippen LogP contribution in [-0.2, 0) is 0 Å². The number of anilines is 1. The molecule has 18 heavy (non-hydrogen) atoms. The van der Waals surface area contributed by atoms with Crippen LogP contribution in [0.3, 0.4) is 0 Å². The van der Waals surface area contributed by atoms with Crippen LogP contribution in [0.2, 0.25) is 0 Å². The first-order valence-corrected chi connectivity index (χ1v) is 6.74. The van der Waals surface area contributed by atoms with Crippen molar-refractivity contribution >= 4 is 11.7 Å². The molecule has 2 aliphatic rings. The Hall–Kier alpha value is -1.55. The second-order valence-electron chi connectivity index (χ2n) is 5.21. The monoisotopic (exact) mass is 245 g/mol. The van der Waals surface area contributed by atoms with Gasteiger partial charge in [-0.2, -0.15) is 0 Å². The zero-order valence-corrected chi connectivity index (χ0v) is 10.5. The number of amides is 2. The molecular weight excluding hydrogens is 226 g/mol. The Morgan fingerprint density at radius 2 is 1.67 bits per heavy atom. The molecule has 1 spiro atoms. The highest BCUT2D eigenvalue weighted by Gasteiger charge is 2.42. The summed E-state index contributed by atoms with van der Waals surface area (Å²) < 4.78 is 0. The van der Waals surface area contributed by atoms with E-state index in [1.54, 1.807) is 5.01 Å². The number of carbonyl (C=O) groups excluding carboxylic acids is 1. The predicted octanol–water partition coefficient (Wildman–Crippen LogP) is 2.77. The van der Waals surface area contributed by atoms with Crippen LogP contribution >= 0.6 is 0 Å². The highest BCUT2D eigenvalue weighted by Crippen LogP contribution is 2.30. The number of urea groups is 1. The van der Waals surface area contributed by atoms with Crippen LogP contribution in [0.15, 0.2) is 30.3 Å². The molecule has 0 radical (unpaired) electrons. The van der Waals surface area contributed by atoms with Crippen molar-refractivity contribution in [1.82, 2.24) is 10.7 Å². The molecule has 1 saturated carbocycles. The van der Waals surface area contributed by atoms with E-state index in [2.05, 4.69) is 10.7 Å². The maximum Gasteiger partial charge on any atom is 0.338 e. The SMILES string of the molecule is O=C1NC2(CCCCCC2)NN1c1ccccc1. The first kappa shape index (κ1) is 11.5. The maximum absolute atomic E-state index is 12.1. The molecule has 4 nitrogen and oxygen atoms in total. The van der Waals surface area contributed by atoms with Gasteiger partial charge in [0.15, 0.2) is 0 Å². The molecule has 1 aliphatic heterocycles. The number of para-hydroxylation sites is 1. The summed E-state index contributed by atoms with van der Waals surface area (Å²) in [6, 6.07) is 9.71. The average molecular weight is 245 g/mol. The largest absolute Gasteiger partial charge is 0.338 e. The highest BCUT2D eigenvalue weighted by molar-refractivity contribution is 5.93. The van der Waals surface area contributed by atoms with E-state index in [9.17, 15) is 4.79 Å². The van der Waals surface area contributed by atoms with E-state index in [4.69, 9.17) is 0 Å². The number of hydrazine groups is 1. The quantitative estimate of drug-likeness (QED) is 0.799. The summed E-state index contributed by atoms with van der Waals surface area (Å²) in [6.07, 6.45) is 6.92. The van der Waals surface area contributed by atoms with Crippen LogP contribution in [0.5, 0.6) is 0 Å². The van der Waals surface area contributed by atoms with Gasteiger partial charge in [-0.05, 0) is 37.8 Å². The van der Waals surface area contributed by atoms with Gasteiger partial charge in [0, 0.05) is 0 Å². The zero-order chi connectivity index (χ0) is 12.4. The number of rotatable bonds is 1. The third-order valence-electron chi connectivity index (χ3n) is 3.85. The molecule has 0 aromatic heterocycles. The first-order chi connectivity index (χ1) is 8.79. The van der Waals surface area contributed by atoms with Gasteiger partial charge in [-0.15, -0.1) is 0 Å². The van der Waals surface area contributed by atoms with Crippen LogP contribution in [0.25, 0.3) is 0 Å². The fraction of sp³-hybridized carbons (Fsp3) is 0.500. The summed E-state index contributed by atoms with van der Waals surface area (Å²) in [5.41, 5.74) is 4.07. The van der Waals surface area contributed by atoms with Crippen molar-refractivity contribution in [2.24, 2.45) is 0 Å². The molecule has 1 aromatic carbocycles. The Balaban J connectivity index is 1.81. The van der Waals surface area contributed by atoms with Gasteiger partial charge < -0.3 is 5.32 Å². The lowest BCUT2D eigenvalue weighted by Gasteiger charge is -2.27. The summed E-state index contributed by atoms with van der Waals surface area (Å²) in [5.74, 6) is 0. The molecule has 1 heterocycles. The average Bonchev–Trinajstić information content (AvgIpc) is 2.58. The number of nitrogens with zero attached hydrogens (tertiary/aromatic N) is 1. The van der Waals surface area contributed by atoms with Crippen LogP contribution in [0.1, 0.15) is 38.5 Å². The third-order valence-corrected chi connectivity index (χ3v) is 3.85. The number of benzene rings is 1. The third kappa shape index (κ3) is 2.08. The van der Waals surface area contributed by atoms with Gasteiger partial charge in [0.05, 0.1) is 5.69 Å². The van der Waals surface area contributed by atoms with Crippen molar-refractivity contribution in [3.8, 4) is 0 Å². The minimum Gasteiger partial charge on any atom is -0.317 e. The smallest absolute Gasteiger partial charge is 0.317 e. The number of carbonyl (C=O) groups is 1. The molecule has 96 valence electrons. The molecule has 2 N–H and O–H groups in total. The van der Waals surface area contributed by atoms with Crippen molar-refractivity contribution in [3.05, 3.63) is 30.3 Å². The Morgan fingerprint density at radius 1 is 1.00 bits per heavy atom. The summed E-state index contributed by atoms with van der Waals surface area (Å²) in [4.78, 5) is 12.1. The van der Waals surface area contributed by atoms with Crippen molar-refractivity contribution in [2.75, 3.05) is 5.01 Å². The number of hydrogen-bond acceptors (Lipinski definition) is 2. The lowest BCUT2D eigenvalue weighted by molar-refractivity contribution is 0.241. The van der Waals surface area contributed by atoms with Crippen LogP contribution in [0, 0.1) is 0 Å². The molecule has 0 bridgehead atoms. The predicted molar refractivity (Wildman–Crippen MR) is 71.0 cm³/mol. The van der Waals surface area contributed by atoms with Gasteiger partial charge in [-0.1, -0.05) is 31.0 Å². The maximum atomic E-state index is 12.1. The van der Waals surface area contributed by atoms with E-state index < -0.39 is 0 Å². The fourth-order valence-corrected chi connectivity index (χ4v) is 2.88. The van der Waals surface area contributed by atoms with Crippen LogP contribution < -0.4 is 15.8 Å². The molecule has 3 rings (SSSR count). The standard InChI is InChI=1S/C14H19N3O/c18-13-15-14(10-6-1-2-7-11-14)16-17(13)12-8-4-3-5-9-12/h3-5,8-9,16H,1-2,6-7,10-11H2,(H,15,18). The second kappa shape index (κ2) is 4.61. The van der Waals surface area contributed by atoms with Crippen molar-refractivity contribution in [2.45, 2.75) is 44.2 Å². The zero-order valence-electron chi connectivity index (χ0n) is 10.5. The molecule has 2 amide bonds. The van der Waals surface area contributed by atoms with E-state index in [-0.39, 0.29) is 11.7 Å². The van der Waals surface area contributed by atoms with Crippen molar-refractivity contribution in [1.29, 1.82) is 0 Å². The lowest BCUT2D eigenvalue weighted by atomic mass is 10.0. The van der Waals surface area contributed by atoms with Gasteiger partial charge >= 0.3 is 6.03 Å². The first-order valence-electron chi connectivity index (χ1n) is 6.74. The second-order valence-corrected chi connectivity index (χ2v) is 5.21. The molecule has 1 aromatic rings. The van der Waals surface area contributed by atoms with Gasteiger partial charge in [-0.3, -0.25) is 0 Å². The Kier molecular flexibility index (Phi) is 2.96. The van der Waals surface area contributed by atoms with E-state index >= 15 is 0 Å². The molecule has 0 atom stereocenters. The molecule has 2 fully saturated rings. The van der Waals surface area contributed by atoms with Gasteiger partial charge in [0.25, 0.3) is 0 Å². The number of hydrogen-bond donors (Lipinski definition) is 2. The Morgan fingerprint density at radius 3 is 2.33 bits per heavy atom. The molecule has 1 saturated heterocycles. The molecule has 1 aliphatic carbocycles. The Labute approximate surface area is 107 Å². The van der Waals surface area contributed by atoms with E-state index in [0.29, 0.717) is 0 Å². The summed E-state index contributed by atoms with van der Waals surface area (Å²) >= 11 is 0. The van der Waals surface area contributed by atoms with Gasteiger partial charge in [0.2, 0.25) is 0 Å². The normalized spacial score (nSPS) is 22.9. The number of nitrogens with one attached hydrogen (secondary N) is 2. The highest BCUT2D eigenvalue weighted by atomic mass is 16.2. The van der Waals surface area contributed by atoms with E-state index in [1.807, 2.05) is 30.3 Å². The molecule has 4 heteroatoms. The van der Waals surface area contributed by atoms with Crippen LogP contribution in [0.4, 0.5) is 10.5 Å². The molecular formula is C14H19N3O. The van der Waals surface area contributed by atoms with Gasteiger partial charge in [-0.25, -0.2) is 15.2 Å². The molecule has 0 unspecified atom stereocenters. The minimum absolute atomic E-state index is 0.0388. The summed E-state index contributed by atoms with van der Waals surface area (Å²) in [5, 5.41) is 4.78. The summed E-state index contributed by atoms with van der Waals surface area (Å²) in [7, 11) is 0. The topological polar surface area (TPSA) is 44.4 Å². The fourth-order valence-electron chi connectivity index (χ4n) is 2.88. The van der Waals surface area contributed by atoms with Crippen molar-refractivity contribution < 1.29 is 4.79 Å². The van der Waals surface area contributed by atoms with Gasteiger partial charge in [0.1, 0.15) is 5.66 Å². The van der Waals surface area contributed by atoms with E-state index in [1.165, 1.54) is 25.7 Å². The van der Waals surface area contributed by atoms with E-state index in [0.717, 1.165) is 18.5 Å². The Bertz CT molecular complexity index is 424. The lowest BCUT2D eigenvalue weighted by Crippen LogP contribution is -2.50. The summed E-state index contributed by atoms with van der Waals surface area (Å²) in [6.45, 7) is 0. The van der Waals surface area contributed by atoms with Crippen LogP contribution in [-0.4, -0.2) is 11.7 Å².